The van der Waals surface area contributed by atoms with Gasteiger partial charge in [-0.1, -0.05) is 18.5 Å². The van der Waals surface area contributed by atoms with Gasteiger partial charge in [-0.15, -0.1) is 0 Å². The number of ketones is 1. The van der Waals surface area contributed by atoms with Gasteiger partial charge in [0.15, 0.2) is 10.9 Å². The predicted octanol–water partition coefficient (Wildman–Crippen LogP) is 4.78. The summed E-state index contributed by atoms with van der Waals surface area (Å²) in [6.45, 7) is 3.63. The number of nitrogens with zero attached hydrogens (tertiary/aromatic N) is 4. The van der Waals surface area contributed by atoms with Crippen molar-refractivity contribution >= 4 is 63.9 Å². The van der Waals surface area contributed by atoms with Gasteiger partial charge in [0.25, 0.3) is 0 Å². The fourth-order valence-corrected chi connectivity index (χ4v) is 5.07. The number of carbonyl (C=O) groups is 2. The van der Waals surface area contributed by atoms with Gasteiger partial charge in [-0.25, -0.2) is 14.8 Å². The third kappa shape index (κ3) is 5.89. The number of carbonyl (C=O) groups excluding carboxylic acids is 1. The molecule has 5 rings (SSSR count). The Hall–Kier alpha value is -3.16. The minimum atomic E-state index is -5.08. The lowest BCUT2D eigenvalue weighted by Gasteiger charge is -2.18. The predicted molar refractivity (Wildman–Crippen MR) is 134 cm³/mol. The Bertz CT molecular complexity index is 1390. The van der Waals surface area contributed by atoms with Crippen LogP contribution in [-0.2, 0) is 11.2 Å². The molecule has 37 heavy (non-hydrogen) atoms. The SMILES string of the molecule is CCc1[nH]c2nc(Sc3ccc4c(c3)C(=O)CC=N4)nc(N3CC[C@@H](N)C3)c2c1Cl.O=C(O)C(F)(F)F. The molecule has 1 saturated heterocycles. The summed E-state index contributed by atoms with van der Waals surface area (Å²) in [5, 5.41) is 9.25. The molecule has 196 valence electrons. The van der Waals surface area contributed by atoms with Gasteiger partial charge < -0.3 is 20.7 Å². The number of aromatic amines is 1. The highest BCUT2D eigenvalue weighted by molar-refractivity contribution is 7.99. The maximum atomic E-state index is 12.2. The number of halogens is 4. The molecule has 0 spiro atoms. The number of rotatable bonds is 4. The number of Topliss-reactive ketones (excluding diaryl/α,β-unsaturated/α-hetero) is 1. The van der Waals surface area contributed by atoms with Crippen molar-refractivity contribution in [3.63, 3.8) is 0 Å². The number of nitrogens with two attached hydrogens (primary N) is 1. The second-order valence-electron chi connectivity index (χ2n) is 8.34. The Morgan fingerprint density at radius 1 is 1.35 bits per heavy atom. The number of benzene rings is 1. The molecule has 14 heteroatoms. The third-order valence-electron chi connectivity index (χ3n) is 5.73. The highest BCUT2D eigenvalue weighted by Gasteiger charge is 2.38. The first-order valence-electron chi connectivity index (χ1n) is 11.2. The Morgan fingerprint density at radius 3 is 2.70 bits per heavy atom. The van der Waals surface area contributed by atoms with E-state index >= 15 is 0 Å². The average Bonchev–Trinajstić information content (AvgIpc) is 3.42. The van der Waals surface area contributed by atoms with Crippen molar-refractivity contribution in [3.8, 4) is 0 Å². The molecule has 0 bridgehead atoms. The molecule has 2 aliphatic heterocycles. The summed E-state index contributed by atoms with van der Waals surface area (Å²) < 4.78 is 31.7. The number of aryl methyl sites for hydroxylation is 1. The van der Waals surface area contributed by atoms with E-state index in [1.165, 1.54) is 11.8 Å². The van der Waals surface area contributed by atoms with Gasteiger partial charge in [0.05, 0.1) is 16.1 Å². The number of aromatic nitrogens is 3. The molecule has 0 amide bonds. The number of anilines is 1. The van der Waals surface area contributed by atoms with E-state index in [0.717, 1.165) is 53.4 Å². The Morgan fingerprint density at radius 2 is 2.08 bits per heavy atom. The van der Waals surface area contributed by atoms with E-state index in [9.17, 15) is 18.0 Å². The average molecular weight is 555 g/mol. The smallest absolute Gasteiger partial charge is 0.475 e. The molecule has 0 radical (unpaired) electrons. The standard InChI is InChI=1S/C21H21ClN6OS.C2HF3O2/c1-2-14-18(22)17-19(25-14)26-21(27-20(17)28-8-6-11(23)10-28)30-12-3-4-15-13(9-12)16(29)5-7-24-15;3-2(4,5)1(6)7/h3-4,7,9,11H,2,5-6,8,10,23H2,1H3,(H,25,26,27);(H,6,7)/t11-;/m1./s1. The van der Waals surface area contributed by atoms with Gasteiger partial charge in [0, 0.05) is 47.9 Å². The lowest BCUT2D eigenvalue weighted by molar-refractivity contribution is -0.192. The minimum absolute atomic E-state index is 0.0781. The topological polar surface area (TPSA) is 138 Å². The van der Waals surface area contributed by atoms with Crippen LogP contribution in [0.1, 0.15) is 35.8 Å². The van der Waals surface area contributed by atoms with Crippen molar-refractivity contribution in [3.05, 3.63) is 34.5 Å². The second-order valence-corrected chi connectivity index (χ2v) is 9.76. The summed E-state index contributed by atoms with van der Waals surface area (Å²) in [6, 6.07) is 5.81. The lowest BCUT2D eigenvalue weighted by Crippen LogP contribution is -2.27. The molecular formula is C23H22ClF3N6O3S. The van der Waals surface area contributed by atoms with Crippen LogP contribution in [0.15, 0.2) is 33.2 Å². The number of H-pyrrole nitrogens is 1. The van der Waals surface area contributed by atoms with Crippen LogP contribution in [0.25, 0.3) is 11.0 Å². The summed E-state index contributed by atoms with van der Waals surface area (Å²) in [7, 11) is 0. The molecule has 2 aromatic heterocycles. The summed E-state index contributed by atoms with van der Waals surface area (Å²) in [5.74, 6) is -1.86. The first-order valence-corrected chi connectivity index (χ1v) is 12.4. The first kappa shape index (κ1) is 26.9. The van der Waals surface area contributed by atoms with Crippen molar-refractivity contribution in [1.82, 2.24) is 15.0 Å². The van der Waals surface area contributed by atoms with E-state index in [1.807, 2.05) is 18.2 Å². The molecule has 0 aliphatic carbocycles. The van der Waals surface area contributed by atoms with E-state index in [-0.39, 0.29) is 11.8 Å². The molecule has 2 aliphatic rings. The first-order chi connectivity index (χ1) is 17.5. The minimum Gasteiger partial charge on any atom is -0.475 e. The largest absolute Gasteiger partial charge is 0.490 e. The number of aliphatic imine (C=N–C) groups is 1. The lowest BCUT2D eigenvalue weighted by atomic mass is 10.0. The zero-order chi connectivity index (χ0) is 26.9. The number of carboxylic acid groups (broad SMARTS) is 1. The molecule has 3 aromatic rings. The molecule has 4 heterocycles. The van der Waals surface area contributed by atoms with Gasteiger partial charge in [-0.2, -0.15) is 13.2 Å². The molecule has 9 nitrogen and oxygen atoms in total. The van der Waals surface area contributed by atoms with Crippen LogP contribution in [0.2, 0.25) is 5.02 Å². The van der Waals surface area contributed by atoms with Crippen molar-refractivity contribution in [2.75, 3.05) is 18.0 Å². The van der Waals surface area contributed by atoms with Gasteiger partial charge >= 0.3 is 12.1 Å². The van der Waals surface area contributed by atoms with E-state index in [0.29, 0.717) is 27.9 Å². The quantitative estimate of drug-likeness (QED) is 0.392. The number of hydrogen-bond donors (Lipinski definition) is 3. The maximum absolute atomic E-state index is 12.2. The molecule has 0 saturated carbocycles. The van der Waals surface area contributed by atoms with Gasteiger partial charge in [-0.05, 0) is 42.8 Å². The van der Waals surface area contributed by atoms with E-state index in [2.05, 4.69) is 21.8 Å². The van der Waals surface area contributed by atoms with Crippen LogP contribution in [0.3, 0.4) is 0 Å². The molecule has 1 atom stereocenters. The van der Waals surface area contributed by atoms with Crippen LogP contribution in [0, 0.1) is 0 Å². The zero-order valence-electron chi connectivity index (χ0n) is 19.5. The number of nitrogens with one attached hydrogen (secondary N) is 1. The zero-order valence-corrected chi connectivity index (χ0v) is 21.0. The molecule has 1 aromatic carbocycles. The summed E-state index contributed by atoms with van der Waals surface area (Å²) in [4.78, 5) is 41.4. The number of carboxylic acids is 1. The van der Waals surface area contributed by atoms with Crippen molar-refractivity contribution < 1.29 is 27.9 Å². The van der Waals surface area contributed by atoms with Crippen LogP contribution in [0.5, 0.6) is 0 Å². The summed E-state index contributed by atoms with van der Waals surface area (Å²) in [5.41, 5.74) is 9.17. The Kier molecular flexibility index (Phi) is 7.76. The normalized spacial score (nSPS) is 17.1. The number of fused-ring (bicyclic) bond motifs is 2. The summed E-state index contributed by atoms with van der Waals surface area (Å²) >= 11 is 8.08. The number of alkyl halides is 3. The van der Waals surface area contributed by atoms with Crippen LogP contribution in [-0.4, -0.2) is 63.3 Å². The van der Waals surface area contributed by atoms with E-state index in [4.69, 9.17) is 37.2 Å². The van der Waals surface area contributed by atoms with Crippen molar-refractivity contribution in [1.29, 1.82) is 0 Å². The highest BCUT2D eigenvalue weighted by Crippen LogP contribution is 2.38. The van der Waals surface area contributed by atoms with Gasteiger partial charge in [-0.3, -0.25) is 9.79 Å². The fraction of sp³-hybridized carbons (Fsp3) is 0.348. The number of aliphatic carboxylic acids is 1. The van der Waals surface area contributed by atoms with Gasteiger partial charge in [0.2, 0.25) is 0 Å². The second kappa shape index (κ2) is 10.7. The van der Waals surface area contributed by atoms with Gasteiger partial charge in [0.1, 0.15) is 11.5 Å². The Labute approximate surface area is 218 Å². The van der Waals surface area contributed by atoms with Crippen LogP contribution < -0.4 is 10.6 Å². The number of hydrogen-bond acceptors (Lipinski definition) is 8. The molecule has 1 fully saturated rings. The monoisotopic (exact) mass is 554 g/mol. The summed E-state index contributed by atoms with van der Waals surface area (Å²) in [6.07, 6.45) is -1.39. The molecule has 0 unspecified atom stereocenters. The van der Waals surface area contributed by atoms with Crippen molar-refractivity contribution in [2.24, 2.45) is 10.7 Å². The fourth-order valence-electron chi connectivity index (χ4n) is 3.92. The van der Waals surface area contributed by atoms with Crippen LogP contribution in [0.4, 0.5) is 24.7 Å². The highest BCUT2D eigenvalue weighted by atomic mass is 35.5. The van der Waals surface area contributed by atoms with Crippen molar-refractivity contribution in [2.45, 2.75) is 48.5 Å². The Balaban J connectivity index is 0.000000405. The van der Waals surface area contributed by atoms with E-state index in [1.54, 1.807) is 6.21 Å². The molecular weight excluding hydrogens is 533 g/mol. The van der Waals surface area contributed by atoms with Crippen LogP contribution >= 0.6 is 23.4 Å². The maximum Gasteiger partial charge on any atom is 0.490 e. The molecule has 4 N–H and O–H groups in total. The van der Waals surface area contributed by atoms with E-state index < -0.39 is 12.1 Å². The third-order valence-corrected chi connectivity index (χ3v) is 7.00.